The molecule has 2 heterocycles. The van der Waals surface area contributed by atoms with E-state index in [0.717, 1.165) is 17.5 Å². The van der Waals surface area contributed by atoms with Gasteiger partial charge in [-0.2, -0.15) is 4.99 Å². The molecule has 34 heavy (non-hydrogen) atoms. The summed E-state index contributed by atoms with van der Waals surface area (Å²) in [6.45, 7) is 6.18. The zero-order valence-electron chi connectivity index (χ0n) is 19.0. The number of rotatable bonds is 9. The molecule has 1 amide bonds. The summed E-state index contributed by atoms with van der Waals surface area (Å²) in [6, 6.07) is 13.0. The van der Waals surface area contributed by atoms with E-state index in [4.69, 9.17) is 24.5 Å². The maximum Gasteiger partial charge on any atom is 0.282 e. The fraction of sp³-hybridized carbons (Fsp3) is 0.192. The molecular formula is C26H25N3O5. The number of hydrogen-bond acceptors (Lipinski definition) is 6. The van der Waals surface area contributed by atoms with Crippen molar-refractivity contribution in [3.63, 3.8) is 0 Å². The number of ether oxygens (including phenoxy) is 3. The lowest BCUT2D eigenvalue weighted by Crippen LogP contribution is -2.38. The van der Waals surface area contributed by atoms with Gasteiger partial charge in [-0.15, -0.1) is 11.6 Å². The second-order valence-electron chi connectivity index (χ2n) is 7.57. The van der Waals surface area contributed by atoms with Crippen molar-refractivity contribution in [3.05, 3.63) is 83.7 Å². The molecule has 0 saturated heterocycles. The predicted octanol–water partition coefficient (Wildman–Crippen LogP) is 4.33. The second kappa shape index (κ2) is 10.1. The van der Waals surface area contributed by atoms with Crippen LogP contribution in [0.15, 0.2) is 77.5 Å². The summed E-state index contributed by atoms with van der Waals surface area (Å²) >= 11 is 0. The van der Waals surface area contributed by atoms with Crippen LogP contribution in [0, 0.1) is 5.41 Å². The topological polar surface area (TPSA) is 93.4 Å². The Morgan fingerprint density at radius 2 is 1.88 bits per heavy atom. The second-order valence-corrected chi connectivity index (χ2v) is 7.57. The van der Waals surface area contributed by atoms with Crippen molar-refractivity contribution in [2.45, 2.75) is 13.3 Å². The number of allylic oxidation sites excluding steroid dienone is 2. The summed E-state index contributed by atoms with van der Waals surface area (Å²) in [5, 5.41) is 9.51. The van der Waals surface area contributed by atoms with E-state index in [2.05, 4.69) is 11.6 Å². The van der Waals surface area contributed by atoms with Crippen LogP contribution in [0.25, 0.3) is 6.08 Å². The summed E-state index contributed by atoms with van der Waals surface area (Å²) < 4.78 is 16.9. The highest BCUT2D eigenvalue weighted by Gasteiger charge is 2.34. The number of benzene rings is 2. The molecule has 0 aliphatic carbocycles. The first-order valence-electron chi connectivity index (χ1n) is 10.7. The van der Waals surface area contributed by atoms with Crippen LogP contribution < -0.4 is 14.2 Å². The van der Waals surface area contributed by atoms with Crippen LogP contribution in [0.4, 0.5) is 0 Å². The molecular weight excluding hydrogens is 434 g/mol. The average molecular weight is 460 g/mol. The highest BCUT2D eigenvalue weighted by Crippen LogP contribution is 2.28. The number of nitrogens with one attached hydrogen (secondary N) is 1. The largest absolute Gasteiger partial charge is 0.493 e. The smallest absolute Gasteiger partial charge is 0.282 e. The van der Waals surface area contributed by atoms with E-state index in [1.54, 1.807) is 50.5 Å². The first-order valence-corrected chi connectivity index (χ1v) is 10.7. The number of hydrogen-bond donors (Lipinski definition) is 1. The van der Waals surface area contributed by atoms with Gasteiger partial charge in [0.1, 0.15) is 24.7 Å². The summed E-state index contributed by atoms with van der Waals surface area (Å²) in [5.74, 6) is 2.35. The molecule has 0 atom stereocenters. The Morgan fingerprint density at radius 1 is 1.12 bits per heavy atom. The quantitative estimate of drug-likeness (QED) is 0.341. The number of fused-ring (bicyclic) bond motifs is 1. The van der Waals surface area contributed by atoms with Crippen molar-refractivity contribution in [3.8, 4) is 17.2 Å². The van der Waals surface area contributed by atoms with Gasteiger partial charge in [-0.1, -0.05) is 24.3 Å². The third-order valence-electron chi connectivity index (χ3n) is 5.09. The number of aliphatic imine (C=N–C) groups is 1. The number of carbonyl (C=O) groups excluding carboxylic acids is 1. The molecule has 0 bridgehead atoms. The normalized spacial score (nSPS) is 15.9. The van der Waals surface area contributed by atoms with Gasteiger partial charge >= 0.3 is 0 Å². The first-order chi connectivity index (χ1) is 16.5. The lowest BCUT2D eigenvalue weighted by atomic mass is 10.1. The van der Waals surface area contributed by atoms with Crippen LogP contribution in [0.3, 0.4) is 0 Å². The average Bonchev–Trinajstić information content (AvgIpc) is 3.21. The van der Waals surface area contributed by atoms with E-state index in [-0.39, 0.29) is 11.4 Å². The summed E-state index contributed by atoms with van der Waals surface area (Å²) in [7, 11) is 1.61. The van der Waals surface area contributed by atoms with Gasteiger partial charge in [-0.3, -0.25) is 10.2 Å². The van der Waals surface area contributed by atoms with E-state index < -0.39 is 5.91 Å². The number of amidine groups is 2. The molecule has 8 nitrogen and oxygen atoms in total. The molecule has 174 valence electrons. The molecule has 0 saturated carbocycles. The minimum atomic E-state index is -0.476. The van der Waals surface area contributed by atoms with Crippen molar-refractivity contribution < 1.29 is 23.8 Å². The Kier molecular flexibility index (Phi) is 6.77. The zero-order valence-corrected chi connectivity index (χ0v) is 19.0. The van der Waals surface area contributed by atoms with Crippen molar-refractivity contribution >= 4 is 23.7 Å². The summed E-state index contributed by atoms with van der Waals surface area (Å²) in [4.78, 5) is 21.8. The van der Waals surface area contributed by atoms with Crippen LogP contribution in [0.2, 0.25) is 0 Å². The van der Waals surface area contributed by atoms with E-state index in [1.807, 2.05) is 24.3 Å². The maximum absolute atomic E-state index is 12.4. The van der Waals surface area contributed by atoms with Crippen LogP contribution in [-0.4, -0.2) is 43.0 Å². The van der Waals surface area contributed by atoms with E-state index >= 15 is 0 Å². The zero-order chi connectivity index (χ0) is 24.1. The summed E-state index contributed by atoms with van der Waals surface area (Å²) in [5.41, 5.74) is 1.99. The van der Waals surface area contributed by atoms with Crippen LogP contribution in [-0.2, 0) is 16.1 Å². The molecule has 0 fully saturated rings. The fourth-order valence-electron chi connectivity index (χ4n) is 3.46. The Morgan fingerprint density at radius 3 is 2.62 bits per heavy atom. The molecule has 2 aromatic rings. The molecule has 0 unspecified atom stereocenters. The number of amides is 1. The number of nitrogens with zero attached hydrogens (tertiary/aromatic N) is 2. The monoisotopic (exact) mass is 459 g/mol. The van der Waals surface area contributed by atoms with Crippen LogP contribution in [0.1, 0.15) is 18.1 Å². The Bertz CT molecular complexity index is 1210. The SMILES string of the molecule is C=CCc1ccc(OCCOc2ccc(/C=C3\C(=N)N4OC(C)=CC4=NC3=O)cc2)c(OC)c1. The van der Waals surface area contributed by atoms with Gasteiger partial charge in [0, 0.05) is 6.08 Å². The maximum atomic E-state index is 12.4. The molecule has 0 spiro atoms. The van der Waals surface area contributed by atoms with E-state index in [1.165, 1.54) is 5.06 Å². The minimum Gasteiger partial charge on any atom is -0.493 e. The third-order valence-corrected chi connectivity index (χ3v) is 5.09. The molecule has 0 aromatic heterocycles. The van der Waals surface area contributed by atoms with Gasteiger partial charge in [0.05, 0.1) is 12.7 Å². The molecule has 8 heteroatoms. The van der Waals surface area contributed by atoms with Gasteiger partial charge in [-0.05, 0) is 54.8 Å². The van der Waals surface area contributed by atoms with Gasteiger partial charge in [-0.25, -0.2) is 0 Å². The molecule has 2 aromatic carbocycles. The fourth-order valence-corrected chi connectivity index (χ4v) is 3.46. The first kappa shape index (κ1) is 22.8. The van der Waals surface area contributed by atoms with Crippen molar-refractivity contribution in [1.29, 1.82) is 5.41 Å². The summed E-state index contributed by atoms with van der Waals surface area (Å²) in [6.07, 6.45) is 5.83. The Labute approximate surface area is 197 Å². The highest BCUT2D eigenvalue weighted by molar-refractivity contribution is 6.32. The predicted molar refractivity (Wildman–Crippen MR) is 129 cm³/mol. The Balaban J connectivity index is 1.32. The molecule has 2 aliphatic heterocycles. The lowest BCUT2D eigenvalue weighted by molar-refractivity contribution is -0.114. The van der Waals surface area contributed by atoms with Gasteiger partial charge in [0.2, 0.25) is 0 Å². The van der Waals surface area contributed by atoms with E-state index in [0.29, 0.717) is 42.1 Å². The standard InChI is InChI=1S/C26H25N3O5/c1-4-5-18-8-11-22(23(16-18)31-3)33-13-12-32-20-9-6-19(7-10-20)15-21-25(27)29-24(28-26(21)30)14-17(2)34-29/h4,6-11,14-16,27H,1,5,12-13H2,2-3H3/b21-15+,27-25?. The lowest BCUT2D eigenvalue weighted by Gasteiger charge is -2.22. The van der Waals surface area contributed by atoms with Crippen molar-refractivity contribution in [2.75, 3.05) is 20.3 Å². The number of hydroxylamine groups is 2. The van der Waals surface area contributed by atoms with Gasteiger partial charge < -0.3 is 19.0 Å². The highest BCUT2D eigenvalue weighted by atomic mass is 16.7. The van der Waals surface area contributed by atoms with Crippen molar-refractivity contribution in [2.24, 2.45) is 4.99 Å². The Hall–Kier alpha value is -4.33. The molecule has 0 radical (unpaired) electrons. The number of carbonyl (C=O) groups is 1. The molecule has 1 N–H and O–H groups in total. The van der Waals surface area contributed by atoms with Crippen LogP contribution >= 0.6 is 0 Å². The third kappa shape index (κ3) is 5.01. The van der Waals surface area contributed by atoms with E-state index in [9.17, 15) is 4.79 Å². The van der Waals surface area contributed by atoms with Crippen LogP contribution in [0.5, 0.6) is 17.2 Å². The minimum absolute atomic E-state index is 0.0477. The van der Waals surface area contributed by atoms with Crippen molar-refractivity contribution in [1.82, 2.24) is 5.06 Å². The molecule has 2 aliphatic rings. The van der Waals surface area contributed by atoms with Gasteiger partial charge in [0.15, 0.2) is 23.2 Å². The number of methoxy groups -OCH3 is 1. The van der Waals surface area contributed by atoms with Gasteiger partial charge in [0.25, 0.3) is 5.91 Å². The molecule has 4 rings (SSSR count).